The van der Waals surface area contributed by atoms with E-state index in [-0.39, 0.29) is 0 Å². The van der Waals surface area contributed by atoms with Crippen LogP contribution in [0.1, 0.15) is 24.4 Å². The van der Waals surface area contributed by atoms with Crippen molar-refractivity contribution in [2.75, 3.05) is 19.6 Å². The molecule has 1 aliphatic heterocycles. The second kappa shape index (κ2) is 4.53. The molecule has 0 aliphatic carbocycles. The van der Waals surface area contributed by atoms with Crippen molar-refractivity contribution in [3.63, 3.8) is 0 Å². The molecule has 0 saturated carbocycles. The highest BCUT2D eigenvalue weighted by Crippen LogP contribution is 2.22. The normalized spacial score (nSPS) is 19.8. The molecular formula is C11H17N3. The zero-order chi connectivity index (χ0) is 9.80. The first-order valence-electron chi connectivity index (χ1n) is 5.26. The van der Waals surface area contributed by atoms with Crippen LogP contribution in [0.3, 0.4) is 0 Å². The van der Waals surface area contributed by atoms with Crippen LogP contribution in [-0.2, 0) is 0 Å². The molecule has 3 heteroatoms. The Morgan fingerprint density at radius 3 is 2.79 bits per heavy atom. The van der Waals surface area contributed by atoms with Crippen LogP contribution < -0.4 is 5.73 Å². The van der Waals surface area contributed by atoms with Gasteiger partial charge >= 0.3 is 0 Å². The summed E-state index contributed by atoms with van der Waals surface area (Å²) in [5.41, 5.74) is 7.06. The average molecular weight is 191 g/mol. The van der Waals surface area contributed by atoms with Crippen molar-refractivity contribution in [3.05, 3.63) is 30.1 Å². The van der Waals surface area contributed by atoms with Crippen LogP contribution in [0.4, 0.5) is 0 Å². The van der Waals surface area contributed by atoms with Gasteiger partial charge in [-0.1, -0.05) is 6.07 Å². The summed E-state index contributed by atoms with van der Waals surface area (Å²) < 4.78 is 0. The quantitative estimate of drug-likeness (QED) is 0.780. The predicted octanol–water partition coefficient (Wildman–Crippen LogP) is 1.18. The van der Waals surface area contributed by atoms with Gasteiger partial charge in [0.1, 0.15) is 0 Å². The van der Waals surface area contributed by atoms with E-state index in [2.05, 4.69) is 16.0 Å². The first-order valence-corrected chi connectivity index (χ1v) is 5.26. The maximum absolute atomic E-state index is 5.82. The first-order chi connectivity index (χ1) is 6.92. The third kappa shape index (κ3) is 1.94. The highest BCUT2D eigenvalue weighted by molar-refractivity contribution is 5.14. The number of rotatable bonds is 3. The minimum atomic E-state index is 0.367. The molecule has 0 amide bonds. The molecule has 1 aromatic rings. The fourth-order valence-corrected chi connectivity index (χ4v) is 2.12. The Morgan fingerprint density at radius 2 is 2.21 bits per heavy atom. The lowest BCUT2D eigenvalue weighted by atomic mass is 10.1. The SMILES string of the molecule is NC[C@@H](c1cccnc1)N1CCCC1. The van der Waals surface area contributed by atoms with Crippen molar-refractivity contribution >= 4 is 0 Å². The molecule has 1 fully saturated rings. The summed E-state index contributed by atoms with van der Waals surface area (Å²) in [6, 6.07) is 4.46. The van der Waals surface area contributed by atoms with Crippen LogP contribution in [0.2, 0.25) is 0 Å². The highest BCUT2D eigenvalue weighted by atomic mass is 15.2. The predicted molar refractivity (Wildman–Crippen MR) is 56.8 cm³/mol. The number of hydrogen-bond donors (Lipinski definition) is 1. The van der Waals surface area contributed by atoms with E-state index in [0.717, 1.165) is 0 Å². The van der Waals surface area contributed by atoms with E-state index in [9.17, 15) is 0 Å². The van der Waals surface area contributed by atoms with Crippen molar-refractivity contribution in [2.45, 2.75) is 18.9 Å². The Balaban J connectivity index is 2.12. The lowest BCUT2D eigenvalue weighted by Gasteiger charge is -2.26. The molecule has 3 nitrogen and oxygen atoms in total. The summed E-state index contributed by atoms with van der Waals surface area (Å²) in [5.74, 6) is 0. The molecule has 2 heterocycles. The van der Waals surface area contributed by atoms with Crippen molar-refractivity contribution in [3.8, 4) is 0 Å². The zero-order valence-corrected chi connectivity index (χ0v) is 8.39. The molecule has 1 aromatic heterocycles. The van der Waals surface area contributed by atoms with E-state index in [0.29, 0.717) is 12.6 Å². The fraction of sp³-hybridized carbons (Fsp3) is 0.545. The van der Waals surface area contributed by atoms with E-state index in [1.54, 1.807) is 6.20 Å². The number of nitrogens with two attached hydrogens (primary N) is 1. The zero-order valence-electron chi connectivity index (χ0n) is 8.39. The van der Waals surface area contributed by atoms with Crippen molar-refractivity contribution in [1.82, 2.24) is 9.88 Å². The topological polar surface area (TPSA) is 42.1 Å². The van der Waals surface area contributed by atoms with Crippen LogP contribution >= 0.6 is 0 Å². The van der Waals surface area contributed by atoms with E-state index in [1.165, 1.54) is 31.5 Å². The molecule has 1 aliphatic rings. The summed E-state index contributed by atoms with van der Waals surface area (Å²) in [6.07, 6.45) is 6.34. The van der Waals surface area contributed by atoms with E-state index < -0.39 is 0 Å². The van der Waals surface area contributed by atoms with E-state index >= 15 is 0 Å². The first kappa shape index (κ1) is 9.62. The molecule has 1 atom stereocenters. The molecule has 1 saturated heterocycles. The largest absolute Gasteiger partial charge is 0.329 e. The van der Waals surface area contributed by atoms with Crippen molar-refractivity contribution in [2.24, 2.45) is 5.73 Å². The molecule has 0 unspecified atom stereocenters. The molecule has 0 radical (unpaired) electrons. The van der Waals surface area contributed by atoms with E-state index in [1.807, 2.05) is 12.3 Å². The van der Waals surface area contributed by atoms with Crippen molar-refractivity contribution in [1.29, 1.82) is 0 Å². The lowest BCUT2D eigenvalue weighted by molar-refractivity contribution is 0.251. The minimum Gasteiger partial charge on any atom is -0.329 e. The number of aromatic nitrogens is 1. The minimum absolute atomic E-state index is 0.367. The summed E-state index contributed by atoms with van der Waals surface area (Å²) in [4.78, 5) is 6.60. The molecule has 14 heavy (non-hydrogen) atoms. The molecule has 76 valence electrons. The molecule has 2 N–H and O–H groups in total. The van der Waals surface area contributed by atoms with Gasteiger partial charge in [0, 0.05) is 25.0 Å². The van der Waals surface area contributed by atoms with Gasteiger partial charge in [0.2, 0.25) is 0 Å². The number of pyridine rings is 1. The monoisotopic (exact) mass is 191 g/mol. The summed E-state index contributed by atoms with van der Waals surface area (Å²) >= 11 is 0. The standard InChI is InChI=1S/C11H17N3/c12-8-11(14-6-1-2-7-14)10-4-3-5-13-9-10/h3-5,9,11H,1-2,6-8,12H2/t11-/m0/s1. The van der Waals surface area contributed by atoms with Crippen LogP contribution in [0.5, 0.6) is 0 Å². The van der Waals surface area contributed by atoms with Crippen LogP contribution in [-0.4, -0.2) is 29.5 Å². The summed E-state index contributed by atoms with van der Waals surface area (Å²) in [6.45, 7) is 3.04. The van der Waals surface area contributed by atoms with Crippen LogP contribution in [0.25, 0.3) is 0 Å². The number of likely N-dealkylation sites (tertiary alicyclic amines) is 1. The Kier molecular flexibility index (Phi) is 3.11. The van der Waals surface area contributed by atoms with Crippen molar-refractivity contribution < 1.29 is 0 Å². The van der Waals surface area contributed by atoms with Gasteiger partial charge in [-0.3, -0.25) is 9.88 Å². The number of hydrogen-bond acceptors (Lipinski definition) is 3. The van der Waals surface area contributed by atoms with Crippen LogP contribution in [0, 0.1) is 0 Å². The number of nitrogens with zero attached hydrogens (tertiary/aromatic N) is 2. The Morgan fingerprint density at radius 1 is 1.43 bits per heavy atom. The maximum atomic E-state index is 5.82. The molecule has 0 spiro atoms. The van der Waals surface area contributed by atoms with E-state index in [4.69, 9.17) is 5.73 Å². The van der Waals surface area contributed by atoms with Gasteiger partial charge in [0.15, 0.2) is 0 Å². The average Bonchev–Trinajstić information content (AvgIpc) is 2.74. The summed E-state index contributed by atoms with van der Waals surface area (Å²) in [5, 5.41) is 0. The summed E-state index contributed by atoms with van der Waals surface area (Å²) in [7, 11) is 0. The molecule has 2 rings (SSSR count). The smallest absolute Gasteiger partial charge is 0.0485 e. The highest BCUT2D eigenvalue weighted by Gasteiger charge is 2.21. The maximum Gasteiger partial charge on any atom is 0.0485 e. The second-order valence-corrected chi connectivity index (χ2v) is 3.78. The van der Waals surface area contributed by atoms with Gasteiger partial charge < -0.3 is 5.73 Å². The second-order valence-electron chi connectivity index (χ2n) is 3.78. The van der Waals surface area contributed by atoms with Gasteiger partial charge in [-0.25, -0.2) is 0 Å². The lowest BCUT2D eigenvalue weighted by Crippen LogP contribution is -2.31. The Bertz CT molecular complexity index is 267. The Labute approximate surface area is 84.9 Å². The third-order valence-electron chi connectivity index (χ3n) is 2.87. The molecule has 0 aromatic carbocycles. The van der Waals surface area contributed by atoms with Gasteiger partial charge in [-0.2, -0.15) is 0 Å². The molecule has 0 bridgehead atoms. The third-order valence-corrected chi connectivity index (χ3v) is 2.87. The van der Waals surface area contributed by atoms with Gasteiger partial charge in [-0.05, 0) is 37.6 Å². The van der Waals surface area contributed by atoms with Gasteiger partial charge in [0.25, 0.3) is 0 Å². The van der Waals surface area contributed by atoms with Gasteiger partial charge in [-0.15, -0.1) is 0 Å². The fourth-order valence-electron chi connectivity index (χ4n) is 2.12. The molecular weight excluding hydrogens is 174 g/mol. The van der Waals surface area contributed by atoms with Gasteiger partial charge in [0.05, 0.1) is 0 Å². The van der Waals surface area contributed by atoms with Crippen LogP contribution in [0.15, 0.2) is 24.5 Å². The Hall–Kier alpha value is -0.930.